The first-order valence-electron chi connectivity index (χ1n) is 4.23. The highest BCUT2D eigenvalue weighted by Crippen LogP contribution is 2.17. The van der Waals surface area contributed by atoms with Crippen molar-refractivity contribution in [1.82, 2.24) is 9.55 Å². The van der Waals surface area contributed by atoms with Crippen LogP contribution in [0.2, 0.25) is 0 Å². The van der Waals surface area contributed by atoms with Gasteiger partial charge in [-0.15, -0.1) is 0 Å². The molecule has 0 unspecified atom stereocenters. The number of nitrogens with two attached hydrogens (primary N) is 1. The largest absolute Gasteiger partial charge is 0.399 e. The van der Waals surface area contributed by atoms with Crippen LogP contribution in [0.4, 0.5) is 10.1 Å². The molecule has 0 saturated heterocycles. The van der Waals surface area contributed by atoms with Crippen LogP contribution in [0.3, 0.4) is 0 Å². The Hall–Kier alpha value is -1.84. The minimum Gasteiger partial charge on any atom is -0.399 e. The van der Waals surface area contributed by atoms with Crippen LogP contribution in [0.15, 0.2) is 30.7 Å². The topological polar surface area (TPSA) is 43.8 Å². The third kappa shape index (κ3) is 1.35. The van der Waals surface area contributed by atoms with Gasteiger partial charge in [-0.25, -0.2) is 9.37 Å². The van der Waals surface area contributed by atoms with Gasteiger partial charge < -0.3 is 10.3 Å². The van der Waals surface area contributed by atoms with Gasteiger partial charge in [0.05, 0.1) is 12.0 Å². The van der Waals surface area contributed by atoms with Crippen LogP contribution in [0.1, 0.15) is 5.69 Å². The molecule has 0 fully saturated rings. The summed E-state index contributed by atoms with van der Waals surface area (Å²) in [5, 5.41) is 0. The molecule has 1 aromatic carbocycles. The first-order valence-corrected chi connectivity index (χ1v) is 4.23. The number of hydrogen-bond donors (Lipinski definition) is 1. The van der Waals surface area contributed by atoms with Crippen molar-refractivity contribution < 1.29 is 4.39 Å². The molecule has 14 heavy (non-hydrogen) atoms. The lowest BCUT2D eigenvalue weighted by Crippen LogP contribution is -1.99. The van der Waals surface area contributed by atoms with Gasteiger partial charge in [0.1, 0.15) is 5.82 Å². The summed E-state index contributed by atoms with van der Waals surface area (Å²) in [6.45, 7) is 1.86. The van der Waals surface area contributed by atoms with Crippen LogP contribution in [-0.2, 0) is 0 Å². The van der Waals surface area contributed by atoms with E-state index in [4.69, 9.17) is 5.73 Å². The molecule has 1 heterocycles. The van der Waals surface area contributed by atoms with Crippen molar-refractivity contribution in [2.75, 3.05) is 5.73 Å². The van der Waals surface area contributed by atoms with Crippen LogP contribution in [0.5, 0.6) is 0 Å². The van der Waals surface area contributed by atoms with E-state index in [0.717, 1.165) is 5.69 Å². The molecule has 0 aliphatic heterocycles. The Morgan fingerprint density at radius 1 is 1.43 bits per heavy atom. The van der Waals surface area contributed by atoms with Crippen LogP contribution in [0, 0.1) is 12.7 Å². The molecule has 0 saturated carbocycles. The summed E-state index contributed by atoms with van der Waals surface area (Å²) >= 11 is 0. The number of aryl methyl sites for hydroxylation is 1. The zero-order chi connectivity index (χ0) is 10.1. The Balaban J connectivity index is 2.62. The van der Waals surface area contributed by atoms with Crippen molar-refractivity contribution in [3.63, 3.8) is 0 Å². The summed E-state index contributed by atoms with van der Waals surface area (Å²) in [4.78, 5) is 3.92. The Bertz CT molecular complexity index is 462. The van der Waals surface area contributed by atoms with Crippen molar-refractivity contribution in [3.05, 3.63) is 42.2 Å². The van der Waals surface area contributed by atoms with E-state index in [2.05, 4.69) is 4.98 Å². The standard InChI is InChI=1S/C10H10FN3/c1-7-5-13-6-14(7)10-4-8(12)2-3-9(10)11/h2-6H,12H2,1H3. The van der Waals surface area contributed by atoms with Crippen LogP contribution >= 0.6 is 0 Å². The van der Waals surface area contributed by atoms with E-state index < -0.39 is 0 Å². The van der Waals surface area contributed by atoms with Crippen molar-refractivity contribution in [2.24, 2.45) is 0 Å². The predicted molar refractivity (Wildman–Crippen MR) is 52.7 cm³/mol. The number of nitrogens with zero attached hydrogens (tertiary/aromatic N) is 2. The molecule has 2 rings (SSSR count). The summed E-state index contributed by atoms with van der Waals surface area (Å²) in [5.41, 5.74) is 7.42. The molecule has 0 bridgehead atoms. The Labute approximate surface area is 81.0 Å². The molecule has 72 valence electrons. The predicted octanol–water partition coefficient (Wildman–Crippen LogP) is 1.90. The number of rotatable bonds is 1. The summed E-state index contributed by atoms with van der Waals surface area (Å²) in [6, 6.07) is 4.47. The number of anilines is 1. The quantitative estimate of drug-likeness (QED) is 0.699. The van der Waals surface area contributed by atoms with E-state index in [1.54, 1.807) is 23.2 Å². The average Bonchev–Trinajstić information content (AvgIpc) is 2.56. The molecular formula is C10H10FN3. The number of benzene rings is 1. The molecular weight excluding hydrogens is 181 g/mol. The highest BCUT2D eigenvalue weighted by molar-refractivity contribution is 5.49. The summed E-state index contributed by atoms with van der Waals surface area (Å²) < 4.78 is 15.1. The third-order valence-electron chi connectivity index (χ3n) is 2.05. The lowest BCUT2D eigenvalue weighted by atomic mass is 10.2. The van der Waals surface area contributed by atoms with Crippen LogP contribution in [0.25, 0.3) is 5.69 Å². The van der Waals surface area contributed by atoms with Crippen molar-refractivity contribution in [1.29, 1.82) is 0 Å². The number of nitrogen functional groups attached to an aromatic ring is 1. The second-order valence-corrected chi connectivity index (χ2v) is 3.12. The smallest absolute Gasteiger partial charge is 0.147 e. The Kier molecular flexibility index (Phi) is 1.96. The maximum atomic E-state index is 13.4. The minimum absolute atomic E-state index is 0.305. The lowest BCUT2D eigenvalue weighted by molar-refractivity contribution is 0.617. The number of imidazole rings is 1. The number of aromatic nitrogens is 2. The second-order valence-electron chi connectivity index (χ2n) is 3.12. The van der Waals surface area contributed by atoms with Crippen molar-refractivity contribution >= 4 is 5.69 Å². The molecule has 0 spiro atoms. The fourth-order valence-corrected chi connectivity index (χ4v) is 1.33. The fraction of sp³-hybridized carbons (Fsp3) is 0.100. The molecule has 1 aromatic heterocycles. The number of hydrogen-bond acceptors (Lipinski definition) is 2. The third-order valence-corrected chi connectivity index (χ3v) is 2.05. The van der Waals surface area contributed by atoms with Crippen LogP contribution in [-0.4, -0.2) is 9.55 Å². The van der Waals surface area contributed by atoms with Gasteiger partial charge in [0.25, 0.3) is 0 Å². The molecule has 0 amide bonds. The van der Waals surface area contributed by atoms with E-state index >= 15 is 0 Å². The van der Waals surface area contributed by atoms with Gasteiger partial charge >= 0.3 is 0 Å². The highest BCUT2D eigenvalue weighted by Gasteiger charge is 2.06. The second kappa shape index (κ2) is 3.14. The minimum atomic E-state index is -0.305. The van der Waals surface area contributed by atoms with Crippen molar-refractivity contribution in [2.45, 2.75) is 6.92 Å². The van der Waals surface area contributed by atoms with Gasteiger partial charge in [0.2, 0.25) is 0 Å². The molecule has 0 radical (unpaired) electrons. The normalized spacial score (nSPS) is 10.4. The molecule has 4 heteroatoms. The van der Waals surface area contributed by atoms with Gasteiger partial charge in [-0.3, -0.25) is 0 Å². The van der Waals surface area contributed by atoms with Gasteiger partial charge in [-0.05, 0) is 25.1 Å². The van der Waals surface area contributed by atoms with Crippen LogP contribution < -0.4 is 5.73 Å². The summed E-state index contributed by atoms with van der Waals surface area (Å²) in [6.07, 6.45) is 3.23. The zero-order valence-electron chi connectivity index (χ0n) is 7.74. The maximum absolute atomic E-state index is 13.4. The maximum Gasteiger partial charge on any atom is 0.147 e. The molecule has 3 nitrogen and oxygen atoms in total. The molecule has 0 atom stereocenters. The Morgan fingerprint density at radius 3 is 2.86 bits per heavy atom. The van der Waals surface area contributed by atoms with Gasteiger partial charge in [-0.1, -0.05) is 0 Å². The average molecular weight is 191 g/mol. The summed E-state index contributed by atoms with van der Waals surface area (Å²) in [7, 11) is 0. The fourth-order valence-electron chi connectivity index (χ4n) is 1.33. The number of halogens is 1. The van der Waals surface area contributed by atoms with E-state index in [-0.39, 0.29) is 5.82 Å². The molecule has 2 aromatic rings. The lowest BCUT2D eigenvalue weighted by Gasteiger charge is -2.06. The first kappa shape index (κ1) is 8.74. The SMILES string of the molecule is Cc1cncn1-c1cc(N)ccc1F. The molecule has 0 aliphatic rings. The van der Waals surface area contributed by atoms with Gasteiger partial charge in [0, 0.05) is 17.6 Å². The molecule has 0 aliphatic carbocycles. The van der Waals surface area contributed by atoms with Gasteiger partial charge in [-0.2, -0.15) is 0 Å². The summed E-state index contributed by atoms with van der Waals surface area (Å²) in [5.74, 6) is -0.305. The highest BCUT2D eigenvalue weighted by atomic mass is 19.1. The first-order chi connectivity index (χ1) is 6.68. The van der Waals surface area contributed by atoms with Gasteiger partial charge in [0.15, 0.2) is 0 Å². The monoisotopic (exact) mass is 191 g/mol. The molecule has 2 N–H and O–H groups in total. The van der Waals surface area contributed by atoms with E-state index in [0.29, 0.717) is 11.4 Å². The van der Waals surface area contributed by atoms with Crippen molar-refractivity contribution in [3.8, 4) is 5.69 Å². The van der Waals surface area contributed by atoms with E-state index in [1.807, 2.05) is 6.92 Å². The van der Waals surface area contributed by atoms with E-state index in [1.165, 1.54) is 12.1 Å². The zero-order valence-corrected chi connectivity index (χ0v) is 7.74. The van der Waals surface area contributed by atoms with E-state index in [9.17, 15) is 4.39 Å². The Morgan fingerprint density at radius 2 is 2.21 bits per heavy atom.